The summed E-state index contributed by atoms with van der Waals surface area (Å²) in [5.74, 6) is -1.08. The molecule has 0 saturated heterocycles. The maximum Gasteiger partial charge on any atom is 0.313 e. The van der Waals surface area contributed by atoms with Crippen LogP contribution >= 0.6 is 0 Å². The molecule has 0 saturated carbocycles. The van der Waals surface area contributed by atoms with Crippen molar-refractivity contribution in [2.45, 2.75) is 13.0 Å². The molecule has 0 fully saturated rings. The first-order chi connectivity index (χ1) is 12.5. The number of H-pyrrole nitrogens is 1. The monoisotopic (exact) mass is 353 g/mol. The van der Waals surface area contributed by atoms with E-state index in [0.29, 0.717) is 5.39 Å². The van der Waals surface area contributed by atoms with E-state index in [0.717, 1.165) is 4.68 Å². The highest BCUT2D eigenvalue weighted by molar-refractivity contribution is 5.93. The Morgan fingerprint density at radius 3 is 2.50 bits per heavy atom. The predicted octanol–water partition coefficient (Wildman–Crippen LogP) is 0.784. The van der Waals surface area contributed by atoms with Crippen molar-refractivity contribution in [2.24, 2.45) is 5.73 Å². The third-order valence-electron chi connectivity index (χ3n) is 3.77. The van der Waals surface area contributed by atoms with Gasteiger partial charge in [0.25, 0.3) is 11.1 Å². The van der Waals surface area contributed by atoms with Crippen LogP contribution in [-0.2, 0) is 11.3 Å². The molecule has 0 bridgehead atoms. The summed E-state index contributed by atoms with van der Waals surface area (Å²) in [5.41, 5.74) is 4.57. The van der Waals surface area contributed by atoms with Crippen molar-refractivity contribution in [3.8, 4) is 5.75 Å². The third kappa shape index (κ3) is 3.54. The number of primary amides is 1. The highest BCUT2D eigenvalue weighted by Gasteiger charge is 2.11. The van der Waals surface area contributed by atoms with E-state index in [-0.39, 0.29) is 29.7 Å². The van der Waals surface area contributed by atoms with Gasteiger partial charge < -0.3 is 10.5 Å². The number of fused-ring (bicyclic) bond motifs is 1. The molecule has 3 aromatic rings. The molecule has 0 atom stereocenters. The van der Waals surface area contributed by atoms with Gasteiger partial charge in [0.15, 0.2) is 0 Å². The number of esters is 1. The third-order valence-corrected chi connectivity index (χ3v) is 3.77. The van der Waals surface area contributed by atoms with Gasteiger partial charge in [0.05, 0.1) is 23.7 Å². The number of amides is 1. The van der Waals surface area contributed by atoms with Gasteiger partial charge in [0.2, 0.25) is 5.91 Å². The largest absolute Gasteiger partial charge is 0.426 e. The number of aryl methyl sites for hydroxylation is 1. The second-order valence-corrected chi connectivity index (χ2v) is 5.56. The summed E-state index contributed by atoms with van der Waals surface area (Å²) in [6.45, 7) is -0.0484. The number of aromatic amines is 1. The van der Waals surface area contributed by atoms with Crippen molar-refractivity contribution in [2.75, 3.05) is 0 Å². The van der Waals surface area contributed by atoms with Gasteiger partial charge in [-0.05, 0) is 30.3 Å². The van der Waals surface area contributed by atoms with Crippen molar-refractivity contribution in [1.82, 2.24) is 9.78 Å². The van der Waals surface area contributed by atoms with Crippen LogP contribution in [0.5, 0.6) is 5.75 Å². The topological polar surface area (TPSA) is 124 Å². The van der Waals surface area contributed by atoms with E-state index < -0.39 is 23.0 Å². The summed E-state index contributed by atoms with van der Waals surface area (Å²) in [6, 6.07) is 12.3. The SMILES string of the molecule is NC(=O)c1cccc(OC(=O)CCn2[nH]c(=O)c3ccccc3c2=O)c1. The minimum Gasteiger partial charge on any atom is -0.426 e. The predicted molar refractivity (Wildman–Crippen MR) is 94.0 cm³/mol. The lowest BCUT2D eigenvalue weighted by Crippen LogP contribution is -2.31. The van der Waals surface area contributed by atoms with E-state index in [4.69, 9.17) is 10.5 Å². The maximum absolute atomic E-state index is 12.4. The van der Waals surface area contributed by atoms with Crippen LogP contribution in [0.1, 0.15) is 16.8 Å². The number of aromatic nitrogens is 2. The van der Waals surface area contributed by atoms with Gasteiger partial charge in [0.1, 0.15) is 5.75 Å². The molecule has 3 N–H and O–H groups in total. The van der Waals surface area contributed by atoms with Crippen molar-refractivity contribution >= 4 is 22.6 Å². The Labute approximate surface area is 146 Å². The van der Waals surface area contributed by atoms with Gasteiger partial charge in [-0.3, -0.25) is 24.3 Å². The van der Waals surface area contributed by atoms with Gasteiger partial charge in [-0.15, -0.1) is 0 Å². The summed E-state index contributed by atoms with van der Waals surface area (Å²) < 4.78 is 6.21. The maximum atomic E-state index is 12.4. The summed E-state index contributed by atoms with van der Waals surface area (Å²) in [7, 11) is 0. The minimum atomic E-state index is -0.636. The van der Waals surface area contributed by atoms with E-state index >= 15 is 0 Å². The molecule has 0 radical (unpaired) electrons. The molecule has 0 unspecified atom stereocenters. The van der Waals surface area contributed by atoms with Crippen molar-refractivity contribution < 1.29 is 14.3 Å². The zero-order valence-electron chi connectivity index (χ0n) is 13.6. The zero-order chi connectivity index (χ0) is 18.7. The Kier molecular flexibility index (Phi) is 4.66. The number of benzene rings is 2. The minimum absolute atomic E-state index is 0.0484. The van der Waals surface area contributed by atoms with Gasteiger partial charge in [-0.2, -0.15) is 0 Å². The Bertz CT molecular complexity index is 1110. The van der Waals surface area contributed by atoms with E-state index in [1.54, 1.807) is 24.3 Å². The Morgan fingerprint density at radius 2 is 1.77 bits per heavy atom. The molecule has 8 nitrogen and oxygen atoms in total. The van der Waals surface area contributed by atoms with Gasteiger partial charge in [-0.1, -0.05) is 18.2 Å². The normalized spacial score (nSPS) is 10.6. The fourth-order valence-electron chi connectivity index (χ4n) is 2.50. The van der Waals surface area contributed by atoms with Crippen LogP contribution in [-0.4, -0.2) is 21.7 Å². The number of nitrogens with one attached hydrogen (secondary N) is 1. The lowest BCUT2D eigenvalue weighted by molar-refractivity contribution is -0.134. The number of nitrogens with zero attached hydrogens (tertiary/aromatic N) is 1. The molecule has 0 spiro atoms. The molecular weight excluding hydrogens is 338 g/mol. The summed E-state index contributed by atoms with van der Waals surface area (Å²) in [4.78, 5) is 47.5. The number of ether oxygens (including phenoxy) is 1. The van der Waals surface area contributed by atoms with Crippen LogP contribution < -0.4 is 21.6 Å². The number of carbonyl (C=O) groups is 2. The van der Waals surface area contributed by atoms with E-state index in [1.807, 2.05) is 0 Å². The van der Waals surface area contributed by atoms with Crippen LogP contribution in [0.3, 0.4) is 0 Å². The van der Waals surface area contributed by atoms with Crippen molar-refractivity contribution in [3.05, 3.63) is 74.8 Å². The van der Waals surface area contributed by atoms with Gasteiger partial charge in [-0.25, -0.2) is 4.68 Å². The fourth-order valence-corrected chi connectivity index (χ4v) is 2.50. The quantitative estimate of drug-likeness (QED) is 0.518. The molecule has 0 aliphatic carbocycles. The molecule has 132 valence electrons. The average Bonchev–Trinajstić information content (AvgIpc) is 2.64. The van der Waals surface area contributed by atoms with Gasteiger partial charge in [0, 0.05) is 5.56 Å². The summed E-state index contributed by atoms with van der Waals surface area (Å²) in [6.07, 6.45) is -0.144. The highest BCUT2D eigenvalue weighted by Crippen LogP contribution is 2.13. The fraction of sp³-hybridized carbons (Fsp3) is 0.111. The molecule has 0 aliphatic rings. The Hall–Kier alpha value is -3.68. The lowest BCUT2D eigenvalue weighted by Gasteiger charge is -2.08. The van der Waals surface area contributed by atoms with E-state index in [2.05, 4.69) is 5.10 Å². The summed E-state index contributed by atoms with van der Waals surface area (Å²) >= 11 is 0. The average molecular weight is 353 g/mol. The molecule has 1 aromatic heterocycles. The van der Waals surface area contributed by atoms with Crippen molar-refractivity contribution in [3.63, 3.8) is 0 Å². The van der Waals surface area contributed by atoms with E-state index in [9.17, 15) is 19.2 Å². The zero-order valence-corrected chi connectivity index (χ0v) is 13.6. The second-order valence-electron chi connectivity index (χ2n) is 5.56. The first-order valence-electron chi connectivity index (χ1n) is 7.78. The Balaban J connectivity index is 1.74. The first-order valence-corrected chi connectivity index (χ1v) is 7.78. The highest BCUT2D eigenvalue weighted by atomic mass is 16.5. The standard InChI is InChI=1S/C18H15N3O5/c19-16(23)11-4-3-5-12(10-11)26-15(22)8-9-21-18(25)14-7-2-1-6-13(14)17(24)20-21/h1-7,10H,8-9H2,(H2,19,23)(H,20,24). The summed E-state index contributed by atoms with van der Waals surface area (Å²) in [5, 5.41) is 3.01. The van der Waals surface area contributed by atoms with Crippen molar-refractivity contribution in [1.29, 1.82) is 0 Å². The van der Waals surface area contributed by atoms with E-state index in [1.165, 1.54) is 24.3 Å². The number of carbonyl (C=O) groups excluding carboxylic acids is 2. The van der Waals surface area contributed by atoms with Crippen LogP contribution in [0.4, 0.5) is 0 Å². The first kappa shape index (κ1) is 17.2. The molecule has 1 heterocycles. The molecular formula is C18H15N3O5. The molecule has 0 aliphatic heterocycles. The number of nitrogens with two attached hydrogens (primary N) is 1. The molecule has 8 heteroatoms. The van der Waals surface area contributed by atoms with Crippen LogP contribution in [0, 0.1) is 0 Å². The van der Waals surface area contributed by atoms with Gasteiger partial charge >= 0.3 is 5.97 Å². The second kappa shape index (κ2) is 7.06. The Morgan fingerprint density at radius 1 is 1.04 bits per heavy atom. The molecule has 3 rings (SSSR count). The smallest absolute Gasteiger partial charge is 0.313 e. The molecule has 26 heavy (non-hydrogen) atoms. The number of hydrogen-bond donors (Lipinski definition) is 2. The van der Waals surface area contributed by atoms with Crippen LogP contribution in [0.2, 0.25) is 0 Å². The van der Waals surface area contributed by atoms with Crippen LogP contribution in [0.15, 0.2) is 58.1 Å². The molecule has 2 aromatic carbocycles. The lowest BCUT2D eigenvalue weighted by atomic mass is 10.2. The molecule has 1 amide bonds. The number of rotatable bonds is 5. The number of hydrogen-bond acceptors (Lipinski definition) is 5. The van der Waals surface area contributed by atoms with Crippen LogP contribution in [0.25, 0.3) is 10.8 Å².